The van der Waals surface area contributed by atoms with Crippen LogP contribution in [0.1, 0.15) is 27.5 Å². The van der Waals surface area contributed by atoms with Crippen molar-refractivity contribution < 1.29 is 19.2 Å². The van der Waals surface area contributed by atoms with Crippen molar-refractivity contribution in [2.24, 2.45) is 0 Å². The maximum Gasteiger partial charge on any atom is 0.374 e. The summed E-state index contributed by atoms with van der Waals surface area (Å²) in [5.74, 6) is -1.04. The van der Waals surface area contributed by atoms with Crippen LogP contribution in [0.2, 0.25) is 0 Å². The SMILES string of the molecule is CSCCCNC(=O)c1cc(C(=O)O)on1. The molecular formula is C9H12N2O4S. The Morgan fingerprint density at radius 1 is 1.62 bits per heavy atom. The van der Waals surface area contributed by atoms with Gasteiger partial charge in [-0.2, -0.15) is 11.8 Å². The third-order valence-corrected chi connectivity index (χ3v) is 2.46. The van der Waals surface area contributed by atoms with Crippen molar-refractivity contribution in [1.82, 2.24) is 10.5 Å². The number of hydrogen-bond acceptors (Lipinski definition) is 5. The van der Waals surface area contributed by atoms with Crippen molar-refractivity contribution >= 4 is 23.6 Å². The van der Waals surface area contributed by atoms with E-state index in [2.05, 4.69) is 15.0 Å². The molecule has 2 N–H and O–H groups in total. The molecule has 88 valence electrons. The van der Waals surface area contributed by atoms with Crippen molar-refractivity contribution in [1.29, 1.82) is 0 Å². The van der Waals surface area contributed by atoms with Gasteiger partial charge in [-0.25, -0.2) is 4.79 Å². The number of carboxylic acids is 1. The summed E-state index contributed by atoms with van der Waals surface area (Å²) in [5, 5.41) is 14.5. The normalized spacial score (nSPS) is 10.1. The topological polar surface area (TPSA) is 92.4 Å². The zero-order valence-corrected chi connectivity index (χ0v) is 9.54. The zero-order chi connectivity index (χ0) is 12.0. The van der Waals surface area contributed by atoms with Gasteiger partial charge in [-0.1, -0.05) is 5.16 Å². The molecule has 0 aliphatic rings. The molecule has 0 aliphatic heterocycles. The Balaban J connectivity index is 2.43. The number of aromatic carboxylic acids is 1. The number of aromatic nitrogens is 1. The molecule has 0 aromatic carbocycles. The third kappa shape index (κ3) is 3.58. The van der Waals surface area contributed by atoms with Crippen LogP contribution in [0.15, 0.2) is 10.6 Å². The molecule has 0 aliphatic carbocycles. The molecule has 1 rings (SSSR count). The van der Waals surface area contributed by atoms with Gasteiger partial charge in [0.1, 0.15) is 0 Å². The third-order valence-electron chi connectivity index (χ3n) is 1.76. The maximum atomic E-state index is 11.4. The van der Waals surface area contributed by atoms with Crippen LogP contribution < -0.4 is 5.32 Å². The Labute approximate surface area is 96.4 Å². The lowest BCUT2D eigenvalue weighted by molar-refractivity contribution is 0.0651. The van der Waals surface area contributed by atoms with E-state index in [1.807, 2.05) is 6.26 Å². The van der Waals surface area contributed by atoms with Crippen LogP contribution in [0.3, 0.4) is 0 Å². The lowest BCUT2D eigenvalue weighted by atomic mass is 10.3. The molecule has 1 amide bonds. The van der Waals surface area contributed by atoms with E-state index in [-0.39, 0.29) is 11.5 Å². The molecule has 1 heterocycles. The molecule has 0 spiro atoms. The van der Waals surface area contributed by atoms with Crippen LogP contribution in [0.25, 0.3) is 0 Å². The highest BCUT2D eigenvalue weighted by molar-refractivity contribution is 7.98. The first-order chi connectivity index (χ1) is 7.65. The number of amides is 1. The molecule has 1 aromatic rings. The summed E-state index contributed by atoms with van der Waals surface area (Å²) in [6.45, 7) is 0.537. The minimum absolute atomic E-state index is 0.0125. The van der Waals surface area contributed by atoms with Crippen LogP contribution in [0.5, 0.6) is 0 Å². The second-order valence-electron chi connectivity index (χ2n) is 2.98. The van der Waals surface area contributed by atoms with Crippen LogP contribution in [-0.2, 0) is 0 Å². The molecule has 0 radical (unpaired) electrons. The van der Waals surface area contributed by atoms with E-state index in [1.54, 1.807) is 11.8 Å². The summed E-state index contributed by atoms with van der Waals surface area (Å²) < 4.78 is 4.46. The molecule has 0 unspecified atom stereocenters. The quantitative estimate of drug-likeness (QED) is 0.721. The summed E-state index contributed by atoms with van der Waals surface area (Å²) in [7, 11) is 0. The lowest BCUT2D eigenvalue weighted by Gasteiger charge is -2.00. The van der Waals surface area contributed by atoms with Gasteiger partial charge in [-0.05, 0) is 18.4 Å². The van der Waals surface area contributed by atoms with E-state index in [9.17, 15) is 9.59 Å². The number of carbonyl (C=O) groups is 2. The smallest absolute Gasteiger partial charge is 0.374 e. The Bertz CT molecular complexity index is 377. The number of carbonyl (C=O) groups excluding carboxylic acids is 1. The van der Waals surface area contributed by atoms with E-state index >= 15 is 0 Å². The van der Waals surface area contributed by atoms with E-state index < -0.39 is 11.9 Å². The molecule has 1 aromatic heterocycles. The molecule has 16 heavy (non-hydrogen) atoms. The predicted octanol–water partition coefficient (Wildman–Crippen LogP) is 0.856. The van der Waals surface area contributed by atoms with Gasteiger partial charge in [0, 0.05) is 12.6 Å². The largest absolute Gasteiger partial charge is 0.475 e. The van der Waals surface area contributed by atoms with E-state index in [0.717, 1.165) is 18.2 Å². The van der Waals surface area contributed by atoms with Crippen molar-refractivity contribution in [3.63, 3.8) is 0 Å². The highest BCUT2D eigenvalue weighted by Crippen LogP contribution is 2.03. The fourth-order valence-corrected chi connectivity index (χ4v) is 1.43. The van der Waals surface area contributed by atoms with Crippen LogP contribution in [-0.4, -0.2) is 40.7 Å². The van der Waals surface area contributed by atoms with Gasteiger partial charge in [0.2, 0.25) is 5.76 Å². The average Bonchev–Trinajstić information content (AvgIpc) is 2.73. The summed E-state index contributed by atoms with van der Waals surface area (Å²) in [4.78, 5) is 21.9. The number of hydrogen-bond donors (Lipinski definition) is 2. The first kappa shape index (κ1) is 12.6. The van der Waals surface area contributed by atoms with E-state index in [4.69, 9.17) is 5.11 Å². The molecular weight excluding hydrogens is 232 g/mol. The van der Waals surface area contributed by atoms with Crippen molar-refractivity contribution in [2.45, 2.75) is 6.42 Å². The van der Waals surface area contributed by atoms with Gasteiger partial charge in [0.15, 0.2) is 5.69 Å². The number of thioether (sulfide) groups is 1. The highest BCUT2D eigenvalue weighted by Gasteiger charge is 2.15. The fraction of sp³-hybridized carbons (Fsp3) is 0.444. The summed E-state index contributed by atoms with van der Waals surface area (Å²) >= 11 is 1.69. The number of nitrogens with one attached hydrogen (secondary N) is 1. The number of nitrogens with zero attached hydrogens (tertiary/aromatic N) is 1. The van der Waals surface area contributed by atoms with E-state index in [0.29, 0.717) is 6.54 Å². The van der Waals surface area contributed by atoms with Gasteiger partial charge >= 0.3 is 5.97 Å². The second kappa shape index (κ2) is 6.16. The van der Waals surface area contributed by atoms with Gasteiger partial charge in [0.05, 0.1) is 0 Å². The maximum absolute atomic E-state index is 11.4. The standard InChI is InChI=1S/C9H12N2O4S/c1-16-4-2-3-10-8(12)6-5-7(9(13)14)15-11-6/h5H,2-4H2,1H3,(H,10,12)(H,13,14). The van der Waals surface area contributed by atoms with Crippen molar-refractivity contribution in [3.05, 3.63) is 17.5 Å². The zero-order valence-electron chi connectivity index (χ0n) is 8.73. The minimum Gasteiger partial charge on any atom is -0.475 e. The summed E-state index contributed by atoms with van der Waals surface area (Å²) in [6, 6.07) is 1.10. The van der Waals surface area contributed by atoms with Crippen LogP contribution in [0.4, 0.5) is 0 Å². The molecule has 0 fully saturated rings. The first-order valence-electron chi connectivity index (χ1n) is 4.62. The van der Waals surface area contributed by atoms with Crippen LogP contribution >= 0.6 is 11.8 Å². The van der Waals surface area contributed by atoms with Gasteiger partial charge in [-0.15, -0.1) is 0 Å². The minimum atomic E-state index is -1.24. The van der Waals surface area contributed by atoms with Gasteiger partial charge in [-0.3, -0.25) is 4.79 Å². The molecule has 0 saturated heterocycles. The Morgan fingerprint density at radius 3 is 2.94 bits per heavy atom. The number of rotatable bonds is 6. The molecule has 0 saturated carbocycles. The Hall–Kier alpha value is -1.50. The van der Waals surface area contributed by atoms with Crippen molar-refractivity contribution in [2.75, 3.05) is 18.6 Å². The molecule has 7 heteroatoms. The predicted molar refractivity (Wildman–Crippen MR) is 58.8 cm³/mol. The van der Waals surface area contributed by atoms with Crippen LogP contribution in [0, 0.1) is 0 Å². The molecule has 6 nitrogen and oxygen atoms in total. The fourth-order valence-electron chi connectivity index (χ4n) is 0.992. The lowest BCUT2D eigenvalue weighted by Crippen LogP contribution is -2.25. The molecule has 0 bridgehead atoms. The highest BCUT2D eigenvalue weighted by atomic mass is 32.2. The Morgan fingerprint density at radius 2 is 2.38 bits per heavy atom. The monoisotopic (exact) mass is 244 g/mol. The second-order valence-corrected chi connectivity index (χ2v) is 3.97. The van der Waals surface area contributed by atoms with Gasteiger partial charge in [0.25, 0.3) is 5.91 Å². The number of carboxylic acid groups (broad SMARTS) is 1. The Kier molecular flexibility index (Phi) is 4.84. The summed E-state index contributed by atoms with van der Waals surface area (Å²) in [6.07, 6.45) is 2.84. The average molecular weight is 244 g/mol. The molecule has 0 atom stereocenters. The van der Waals surface area contributed by atoms with Gasteiger partial charge < -0.3 is 14.9 Å². The van der Waals surface area contributed by atoms with Crippen molar-refractivity contribution in [3.8, 4) is 0 Å². The van der Waals surface area contributed by atoms with E-state index in [1.165, 1.54) is 0 Å². The first-order valence-corrected chi connectivity index (χ1v) is 6.01. The summed E-state index contributed by atoms with van der Waals surface area (Å²) in [5.41, 5.74) is -0.0125.